The van der Waals surface area contributed by atoms with Gasteiger partial charge >= 0.3 is 0 Å². The number of nitrogens with one attached hydrogen (secondary N) is 5. The summed E-state index contributed by atoms with van der Waals surface area (Å²) >= 11 is 1.70. The number of hydrogen-bond acceptors (Lipinski definition) is 8. The minimum atomic E-state index is -0.961. The van der Waals surface area contributed by atoms with Crippen LogP contribution in [-0.4, -0.2) is 28.9 Å². The van der Waals surface area contributed by atoms with Crippen molar-refractivity contribution < 1.29 is 9.59 Å². The van der Waals surface area contributed by atoms with Crippen molar-refractivity contribution in [2.45, 2.75) is 72.1 Å². The van der Waals surface area contributed by atoms with Crippen LogP contribution in [0.25, 0.3) is 6.08 Å². The number of allylic oxidation sites excluding steroid dienone is 8. The number of rotatable bonds is 15. The maximum atomic E-state index is 13.5. The molecule has 1 aromatic heterocycles. The van der Waals surface area contributed by atoms with E-state index in [0.717, 1.165) is 53.2 Å². The Morgan fingerprint density at radius 2 is 1.90 bits per heavy atom. The number of thiophene rings is 1. The van der Waals surface area contributed by atoms with Gasteiger partial charge in [-0.3, -0.25) is 20.3 Å². The van der Waals surface area contributed by atoms with E-state index in [1.165, 1.54) is 16.5 Å². The van der Waals surface area contributed by atoms with E-state index in [2.05, 4.69) is 101 Å². The van der Waals surface area contributed by atoms with Gasteiger partial charge in [0, 0.05) is 56.5 Å². The number of benzene rings is 2. The highest BCUT2D eigenvalue weighted by molar-refractivity contribution is 7.10. The SMILES string of the molecule is CCC(/C=C\NC(C)(N)Nc1cc(NC(=O)c2cccc(NC(=O)/C=C/C(C3=CCC(C)(/C=C/c4cccs4)N3)=C3\C=CC(C)=N3)c2)ccc1C)C1=CC(C)CC=C1. The standard InChI is InChI=1S/C48H55N7O2S/c1-7-35(36-12-8-11-32(2)29-36)24-27-50-48(6,49)55-44-31-39(18-16-33(44)3)53-46(57)37-13-9-14-38(30-37)52-45(56)21-19-41(42-20-17-34(4)51-42)43-23-26-47(5,54-43)25-22-40-15-10-28-58-40/h8-10,12-25,27-32,35,50,54-55H,7,11,26,49H2,1-6H3,(H,52,56)(H,53,57)/b21-19+,25-22+,27-24-,42-41-. The molecule has 6 rings (SSSR count). The molecule has 1 aliphatic carbocycles. The van der Waals surface area contributed by atoms with Crippen molar-refractivity contribution in [2.75, 3.05) is 16.0 Å². The zero-order chi connectivity index (χ0) is 41.3. The van der Waals surface area contributed by atoms with Crippen molar-refractivity contribution in [1.82, 2.24) is 10.6 Å². The summed E-state index contributed by atoms with van der Waals surface area (Å²) in [6, 6.07) is 16.6. The Morgan fingerprint density at radius 1 is 1.07 bits per heavy atom. The fourth-order valence-corrected chi connectivity index (χ4v) is 7.58. The van der Waals surface area contributed by atoms with Gasteiger partial charge < -0.3 is 26.6 Å². The monoisotopic (exact) mass is 793 g/mol. The predicted molar refractivity (Wildman–Crippen MR) is 243 cm³/mol. The molecule has 4 atom stereocenters. The molecule has 0 radical (unpaired) electrons. The number of hydrogen-bond donors (Lipinski definition) is 6. The van der Waals surface area contributed by atoms with E-state index < -0.39 is 5.79 Å². The van der Waals surface area contributed by atoms with Gasteiger partial charge in [-0.05, 0) is 136 Å². The molecule has 2 aromatic carbocycles. The molecule has 0 fully saturated rings. The maximum absolute atomic E-state index is 13.5. The van der Waals surface area contributed by atoms with Crippen molar-refractivity contribution in [1.29, 1.82) is 0 Å². The number of carbonyl (C=O) groups is 2. The Hall–Kier alpha value is -5.97. The van der Waals surface area contributed by atoms with E-state index in [1.54, 1.807) is 41.7 Å². The predicted octanol–water partition coefficient (Wildman–Crippen LogP) is 10.1. The molecular formula is C48H55N7O2S. The van der Waals surface area contributed by atoms with Gasteiger partial charge in [0.2, 0.25) is 5.91 Å². The van der Waals surface area contributed by atoms with Gasteiger partial charge in [0.25, 0.3) is 5.91 Å². The number of nitrogens with zero attached hydrogens (tertiary/aromatic N) is 1. The highest BCUT2D eigenvalue weighted by Gasteiger charge is 2.28. The molecule has 0 spiro atoms. The van der Waals surface area contributed by atoms with Gasteiger partial charge in [0.1, 0.15) is 0 Å². The largest absolute Gasteiger partial charge is 0.376 e. The summed E-state index contributed by atoms with van der Waals surface area (Å²) in [7, 11) is 0. The van der Waals surface area contributed by atoms with E-state index in [1.807, 2.05) is 63.4 Å². The second-order valence-corrected chi connectivity index (χ2v) is 16.6. The molecular weight excluding hydrogens is 739 g/mol. The van der Waals surface area contributed by atoms with Crippen molar-refractivity contribution in [3.8, 4) is 0 Å². The van der Waals surface area contributed by atoms with Crippen LogP contribution in [0.3, 0.4) is 0 Å². The van der Waals surface area contributed by atoms with Gasteiger partial charge in [0.15, 0.2) is 5.79 Å². The number of nitrogens with two attached hydrogens (primary N) is 1. The lowest BCUT2D eigenvalue weighted by Crippen LogP contribution is -2.55. The highest BCUT2D eigenvalue weighted by Crippen LogP contribution is 2.31. The van der Waals surface area contributed by atoms with Crippen molar-refractivity contribution >= 4 is 52.0 Å². The zero-order valence-electron chi connectivity index (χ0n) is 34.2. The summed E-state index contributed by atoms with van der Waals surface area (Å²) in [5.41, 5.74) is 14.4. The summed E-state index contributed by atoms with van der Waals surface area (Å²) in [5, 5.41) is 18.3. The summed E-state index contributed by atoms with van der Waals surface area (Å²) in [4.78, 5) is 32.6. The molecule has 10 heteroatoms. The first-order chi connectivity index (χ1) is 27.8. The molecule has 0 saturated heterocycles. The van der Waals surface area contributed by atoms with Crippen molar-refractivity contribution in [2.24, 2.45) is 22.6 Å². The molecule has 2 amide bonds. The topological polar surface area (TPSA) is 133 Å². The van der Waals surface area contributed by atoms with Gasteiger partial charge in [-0.15, -0.1) is 11.3 Å². The molecule has 4 unspecified atom stereocenters. The number of carbonyl (C=O) groups excluding carboxylic acids is 2. The molecule has 300 valence electrons. The van der Waals surface area contributed by atoms with Crippen LogP contribution in [0.2, 0.25) is 0 Å². The van der Waals surface area contributed by atoms with Gasteiger partial charge in [-0.2, -0.15) is 0 Å². The lowest BCUT2D eigenvalue weighted by Gasteiger charge is -2.29. The Bertz CT molecular complexity index is 2290. The van der Waals surface area contributed by atoms with E-state index >= 15 is 0 Å². The average Bonchev–Trinajstić information content (AvgIpc) is 3.96. The zero-order valence-corrected chi connectivity index (χ0v) is 35.0. The smallest absolute Gasteiger partial charge is 0.255 e. The van der Waals surface area contributed by atoms with E-state index in [0.29, 0.717) is 28.8 Å². The van der Waals surface area contributed by atoms with E-state index in [-0.39, 0.29) is 17.4 Å². The molecule has 7 N–H and O–H groups in total. The first kappa shape index (κ1) is 41.7. The molecule has 58 heavy (non-hydrogen) atoms. The van der Waals surface area contributed by atoms with Crippen LogP contribution in [0, 0.1) is 18.8 Å². The summed E-state index contributed by atoms with van der Waals surface area (Å²) < 4.78 is 0. The third-order valence-electron chi connectivity index (χ3n) is 10.2. The quantitative estimate of drug-likeness (QED) is 0.0671. The van der Waals surface area contributed by atoms with E-state index in [9.17, 15) is 9.59 Å². The van der Waals surface area contributed by atoms with Crippen LogP contribution in [-0.2, 0) is 4.79 Å². The van der Waals surface area contributed by atoms with Crippen LogP contribution in [0.15, 0.2) is 154 Å². The highest BCUT2D eigenvalue weighted by atomic mass is 32.1. The Morgan fingerprint density at radius 3 is 2.64 bits per heavy atom. The van der Waals surface area contributed by atoms with Crippen LogP contribution in [0.4, 0.5) is 17.1 Å². The molecule has 0 saturated carbocycles. The Balaban J connectivity index is 1.07. The molecule has 3 aliphatic rings. The summed E-state index contributed by atoms with van der Waals surface area (Å²) in [6.07, 6.45) is 27.4. The number of aryl methyl sites for hydroxylation is 1. The molecule has 9 nitrogen and oxygen atoms in total. The van der Waals surface area contributed by atoms with Gasteiger partial charge in [-0.1, -0.05) is 68.5 Å². The van der Waals surface area contributed by atoms with E-state index in [4.69, 9.17) is 10.7 Å². The molecule has 2 aliphatic heterocycles. The van der Waals surface area contributed by atoms with Gasteiger partial charge in [0.05, 0.1) is 11.2 Å². The van der Waals surface area contributed by atoms with Crippen LogP contribution < -0.4 is 32.3 Å². The maximum Gasteiger partial charge on any atom is 0.255 e. The van der Waals surface area contributed by atoms with Crippen LogP contribution >= 0.6 is 11.3 Å². The first-order valence-electron chi connectivity index (χ1n) is 19.9. The van der Waals surface area contributed by atoms with Crippen LogP contribution in [0.5, 0.6) is 0 Å². The van der Waals surface area contributed by atoms with Gasteiger partial charge in [-0.25, -0.2) is 0 Å². The third-order valence-corrected chi connectivity index (χ3v) is 11.1. The second kappa shape index (κ2) is 18.5. The second-order valence-electron chi connectivity index (χ2n) is 15.6. The normalized spacial score (nSPS) is 21.4. The average molecular weight is 794 g/mol. The lowest BCUT2D eigenvalue weighted by molar-refractivity contribution is -0.111. The fraction of sp³-hybridized carbons (Fsp3) is 0.271. The number of aliphatic imine (C=N–C) groups is 1. The number of amides is 2. The molecule has 3 aromatic rings. The minimum Gasteiger partial charge on any atom is -0.376 e. The Labute approximate surface area is 347 Å². The first-order valence-corrected chi connectivity index (χ1v) is 20.8. The summed E-state index contributed by atoms with van der Waals surface area (Å²) in [5.74, 6) is -0.760. The number of anilines is 3. The Kier molecular flexibility index (Phi) is 13.3. The molecule has 3 heterocycles. The van der Waals surface area contributed by atoms with Crippen LogP contribution in [0.1, 0.15) is 74.7 Å². The summed E-state index contributed by atoms with van der Waals surface area (Å²) in [6.45, 7) is 12.4. The minimum absolute atomic E-state index is 0.276. The third kappa shape index (κ3) is 11.3. The fourth-order valence-electron chi connectivity index (χ4n) is 6.96. The van der Waals surface area contributed by atoms with Crippen molar-refractivity contribution in [3.05, 3.63) is 165 Å². The lowest BCUT2D eigenvalue weighted by atomic mass is 9.88. The molecule has 0 bridgehead atoms. The van der Waals surface area contributed by atoms with Crippen molar-refractivity contribution in [3.63, 3.8) is 0 Å².